The molecule has 0 aliphatic carbocycles. The molecule has 3 atom stereocenters. The monoisotopic (exact) mass is 1070 g/mol. The van der Waals surface area contributed by atoms with Crippen molar-refractivity contribution in [1.82, 2.24) is 0 Å². The molecule has 0 amide bonds. The molecule has 76 heavy (non-hydrogen) atoms. The zero-order chi connectivity index (χ0) is 55.5. The Bertz CT molecular complexity index is 1970. The number of aliphatic hydroxyl groups is 1. The fourth-order valence-corrected chi connectivity index (χ4v) is 7.04. The lowest BCUT2D eigenvalue weighted by atomic mass is 10.2. The highest BCUT2D eigenvalue weighted by molar-refractivity contribution is 7.47. The summed E-state index contributed by atoms with van der Waals surface area (Å²) < 4.78 is 39.2. The summed E-state index contributed by atoms with van der Waals surface area (Å²) in [4.78, 5) is 48.4. The van der Waals surface area contributed by atoms with Crippen LogP contribution in [-0.4, -0.2) is 66.5 Å². The Kier molecular flexibility index (Phi) is 51.8. The fraction of sp³-hybridized carbons (Fsp3) is 0.484. The number of carbonyl (C=O) groups excluding carboxylic acids is 3. The summed E-state index contributed by atoms with van der Waals surface area (Å²) in [6.45, 7) is 4.02. The van der Waals surface area contributed by atoms with Gasteiger partial charge in [-0.2, -0.15) is 0 Å². The number of esters is 3. The minimum atomic E-state index is -4.81. The number of rotatable bonds is 48. The van der Waals surface area contributed by atoms with E-state index in [1.54, 1.807) is 0 Å². The topological polar surface area (TPSA) is 155 Å². The van der Waals surface area contributed by atoms with Crippen molar-refractivity contribution in [1.29, 1.82) is 0 Å². The molecule has 0 rings (SSSR count). The van der Waals surface area contributed by atoms with Crippen molar-refractivity contribution in [3.63, 3.8) is 0 Å². The van der Waals surface area contributed by atoms with E-state index in [1.807, 2.05) is 48.6 Å². The first kappa shape index (κ1) is 70.6. The van der Waals surface area contributed by atoms with E-state index in [-0.39, 0.29) is 19.3 Å². The smallest absolute Gasteiger partial charge is 0.462 e. The van der Waals surface area contributed by atoms with Gasteiger partial charge in [-0.25, -0.2) is 4.57 Å². The molecule has 0 heterocycles. The number of allylic oxidation sites excluding steroid dienone is 30. The molecule has 0 aromatic heterocycles. The lowest BCUT2D eigenvalue weighted by Gasteiger charge is -2.21. The van der Waals surface area contributed by atoms with E-state index in [4.69, 9.17) is 23.3 Å². The maximum Gasteiger partial charge on any atom is 0.472 e. The molecule has 11 nitrogen and oxygen atoms in total. The van der Waals surface area contributed by atoms with Crippen LogP contribution in [0.15, 0.2) is 182 Å². The van der Waals surface area contributed by atoms with Crippen molar-refractivity contribution < 1.29 is 52.2 Å². The van der Waals surface area contributed by atoms with Crippen molar-refractivity contribution in [2.24, 2.45) is 0 Å². The number of hydrogen-bond donors (Lipinski definition) is 2. The molecule has 0 fully saturated rings. The summed E-state index contributed by atoms with van der Waals surface area (Å²) in [5.41, 5.74) is 0. The highest BCUT2D eigenvalue weighted by atomic mass is 31.2. The zero-order valence-electron chi connectivity index (χ0n) is 46.4. The molecule has 3 unspecified atom stereocenters. The summed E-state index contributed by atoms with van der Waals surface area (Å²) in [5, 5.41) is 9.78. The Hall–Kier alpha value is -5.42. The van der Waals surface area contributed by atoms with E-state index in [0.717, 1.165) is 89.9 Å². The fourth-order valence-electron chi connectivity index (χ4n) is 6.25. The third-order valence-corrected chi connectivity index (χ3v) is 11.3. The number of phosphoric acid groups is 1. The van der Waals surface area contributed by atoms with Crippen LogP contribution in [0.2, 0.25) is 0 Å². The van der Waals surface area contributed by atoms with Gasteiger partial charge in [0.1, 0.15) is 12.7 Å². The van der Waals surface area contributed by atoms with E-state index < -0.39 is 64.4 Å². The molecule has 0 aromatic carbocycles. The van der Waals surface area contributed by atoms with Crippen molar-refractivity contribution in [3.8, 4) is 0 Å². The summed E-state index contributed by atoms with van der Waals surface area (Å²) in [6, 6.07) is 0. The number of aliphatic hydroxyl groups excluding tert-OH is 1. The third kappa shape index (κ3) is 53.4. The van der Waals surface area contributed by atoms with E-state index in [9.17, 15) is 28.9 Å². The normalized spacial score (nSPS) is 14.8. The second-order valence-electron chi connectivity index (χ2n) is 17.2. The van der Waals surface area contributed by atoms with Gasteiger partial charge in [-0.15, -0.1) is 0 Å². The average Bonchev–Trinajstić information content (AvgIpc) is 3.41. The number of unbranched alkanes of at least 4 members (excludes halogenated alkanes) is 1. The minimum Gasteiger partial charge on any atom is -0.462 e. The summed E-state index contributed by atoms with van der Waals surface area (Å²) in [6.07, 6.45) is 76.1. The van der Waals surface area contributed by atoms with Gasteiger partial charge in [0, 0.05) is 19.3 Å². The molecule has 0 aromatic rings. The van der Waals surface area contributed by atoms with Crippen molar-refractivity contribution in [2.45, 2.75) is 174 Å². The first-order valence-corrected chi connectivity index (χ1v) is 29.2. The average molecular weight is 1070 g/mol. The minimum absolute atomic E-state index is 0.0129. The van der Waals surface area contributed by atoms with Gasteiger partial charge in [-0.05, 0) is 122 Å². The van der Waals surface area contributed by atoms with Crippen LogP contribution in [0.3, 0.4) is 0 Å². The standard InChI is InChI=1S/C64H95O11P/c1-4-7-10-13-16-19-22-25-27-29-30-32-34-37-40-43-46-49-52-55-64(68)75-61(57-71-62(66)53-50-47-44-41-38-36-33-31-28-26-23-20-17-14-11-8-5-2)59-73-76(69,70)72-58-60(56-65)74-63(67)54-51-48-45-42-39-35-24-21-18-15-12-9-6-3/h7-12,16-21,25-28,30,32-33,35-37,39-41,44-46,48-49,60-61,65H,4-6,13-15,22-24,29,31,34,38,42-43,47,50-59H2,1-3H3,(H,69,70)/b10-7-,11-8-,12-9-,19-16-,20-17-,21-18-,27-25-,28-26-,32-30-,36-33-,39-35-,40-37-,44-41-,48-45-,49-46-. The SMILES string of the molecule is CC/C=C\C/C=C\C/C=C\C/C=C\C/C=C\C/C=C\CCC(=O)OC(COC(=O)CCC/C=C\C/C=C\C/C=C\C/C=C\C/C=C\CC)COP(=O)(O)OCC(CO)OC(=O)CC/C=C\C/C=C\C/C=C\C/C=C\CC. The molecule has 422 valence electrons. The quantitative estimate of drug-likeness (QED) is 0.0197. The molecular weight excluding hydrogens is 976 g/mol. The number of hydrogen-bond acceptors (Lipinski definition) is 10. The van der Waals surface area contributed by atoms with E-state index in [0.29, 0.717) is 32.1 Å². The second kappa shape index (κ2) is 55.8. The maximum absolute atomic E-state index is 12.9. The van der Waals surface area contributed by atoms with Crippen LogP contribution < -0.4 is 0 Å². The van der Waals surface area contributed by atoms with Crippen LogP contribution in [0, 0.1) is 0 Å². The molecule has 0 aliphatic rings. The van der Waals surface area contributed by atoms with Gasteiger partial charge in [0.05, 0.1) is 19.8 Å². The molecular formula is C64H95O11P. The van der Waals surface area contributed by atoms with E-state index in [1.165, 1.54) is 0 Å². The first-order valence-electron chi connectivity index (χ1n) is 27.7. The van der Waals surface area contributed by atoms with Crippen LogP contribution in [0.25, 0.3) is 0 Å². The summed E-state index contributed by atoms with van der Waals surface area (Å²) >= 11 is 0. The molecule has 0 aliphatic heterocycles. The summed E-state index contributed by atoms with van der Waals surface area (Å²) in [5.74, 6) is -1.76. The molecule has 0 spiro atoms. The van der Waals surface area contributed by atoms with E-state index in [2.05, 4.69) is 154 Å². The molecule has 0 saturated carbocycles. The predicted octanol–water partition coefficient (Wildman–Crippen LogP) is 16.5. The van der Waals surface area contributed by atoms with Crippen LogP contribution in [0.4, 0.5) is 0 Å². The molecule has 0 saturated heterocycles. The third-order valence-electron chi connectivity index (χ3n) is 10.3. The Balaban J connectivity index is 5.04. The van der Waals surface area contributed by atoms with E-state index >= 15 is 0 Å². The van der Waals surface area contributed by atoms with Crippen LogP contribution >= 0.6 is 7.82 Å². The van der Waals surface area contributed by atoms with Gasteiger partial charge < -0.3 is 24.2 Å². The first-order chi connectivity index (χ1) is 37.2. The Morgan fingerprint density at radius 1 is 0.368 bits per heavy atom. The van der Waals surface area contributed by atoms with Gasteiger partial charge in [-0.3, -0.25) is 23.4 Å². The zero-order valence-corrected chi connectivity index (χ0v) is 47.3. The predicted molar refractivity (Wildman–Crippen MR) is 315 cm³/mol. The molecule has 12 heteroatoms. The van der Waals surface area contributed by atoms with Crippen molar-refractivity contribution in [3.05, 3.63) is 182 Å². The van der Waals surface area contributed by atoms with Crippen molar-refractivity contribution in [2.75, 3.05) is 26.4 Å². The lowest BCUT2D eigenvalue weighted by molar-refractivity contribution is -0.161. The number of ether oxygens (including phenoxy) is 3. The number of phosphoric ester groups is 1. The van der Waals surface area contributed by atoms with Gasteiger partial charge in [0.25, 0.3) is 0 Å². The Morgan fingerprint density at radius 2 is 0.645 bits per heavy atom. The Morgan fingerprint density at radius 3 is 0.961 bits per heavy atom. The van der Waals surface area contributed by atoms with Crippen LogP contribution in [-0.2, 0) is 42.2 Å². The summed E-state index contributed by atoms with van der Waals surface area (Å²) in [7, 11) is -4.81. The molecule has 0 radical (unpaired) electrons. The second-order valence-corrected chi connectivity index (χ2v) is 18.7. The van der Waals surface area contributed by atoms with Crippen LogP contribution in [0.5, 0.6) is 0 Å². The number of carbonyl (C=O) groups is 3. The van der Waals surface area contributed by atoms with Crippen molar-refractivity contribution >= 4 is 25.7 Å². The van der Waals surface area contributed by atoms with Gasteiger partial charge in [0.15, 0.2) is 6.10 Å². The van der Waals surface area contributed by atoms with Gasteiger partial charge in [-0.1, -0.05) is 203 Å². The largest absolute Gasteiger partial charge is 0.472 e. The van der Waals surface area contributed by atoms with Gasteiger partial charge >= 0.3 is 25.7 Å². The Labute approximate surface area is 459 Å². The van der Waals surface area contributed by atoms with Gasteiger partial charge in [0.2, 0.25) is 0 Å². The lowest BCUT2D eigenvalue weighted by Crippen LogP contribution is -2.30. The van der Waals surface area contributed by atoms with Crippen LogP contribution in [0.1, 0.15) is 162 Å². The molecule has 2 N–H and O–H groups in total. The maximum atomic E-state index is 12.9. The molecule has 0 bridgehead atoms. The highest BCUT2D eigenvalue weighted by Gasteiger charge is 2.28. The highest BCUT2D eigenvalue weighted by Crippen LogP contribution is 2.43.